The molecule has 1 heterocycles. The summed E-state index contributed by atoms with van der Waals surface area (Å²) in [4.78, 5) is 28.2. The van der Waals surface area contributed by atoms with Gasteiger partial charge >= 0.3 is 5.97 Å². The Bertz CT molecular complexity index is 1380. The van der Waals surface area contributed by atoms with Gasteiger partial charge in [-0.1, -0.05) is 41.9 Å². The van der Waals surface area contributed by atoms with Gasteiger partial charge in [0.05, 0.1) is 35.2 Å². The summed E-state index contributed by atoms with van der Waals surface area (Å²) in [5.74, 6) is -1.29. The number of morpholine rings is 1. The molecule has 11 heteroatoms. The first-order chi connectivity index (χ1) is 17.8. The van der Waals surface area contributed by atoms with Crippen LogP contribution in [-0.2, 0) is 24.3 Å². The summed E-state index contributed by atoms with van der Waals surface area (Å²) >= 11 is 6.22. The van der Waals surface area contributed by atoms with E-state index in [0.29, 0.717) is 43.4 Å². The second-order valence-electron chi connectivity index (χ2n) is 8.23. The molecule has 9 nitrogen and oxygen atoms in total. The van der Waals surface area contributed by atoms with Crippen molar-refractivity contribution in [2.75, 3.05) is 54.5 Å². The van der Waals surface area contributed by atoms with Crippen molar-refractivity contribution in [2.24, 2.45) is 0 Å². The Balaban J connectivity index is 1.49. The molecule has 1 aliphatic heterocycles. The Labute approximate surface area is 220 Å². The molecule has 194 valence electrons. The van der Waals surface area contributed by atoms with Crippen LogP contribution < -0.4 is 14.5 Å². The summed E-state index contributed by atoms with van der Waals surface area (Å²) in [5, 5.41) is -0.0622. The van der Waals surface area contributed by atoms with Crippen LogP contribution in [0.2, 0.25) is 5.02 Å². The molecular formula is C26H26ClN3O6S. The Morgan fingerprint density at radius 2 is 1.70 bits per heavy atom. The van der Waals surface area contributed by atoms with Gasteiger partial charge in [0.15, 0.2) is 6.61 Å². The number of rotatable bonds is 8. The van der Waals surface area contributed by atoms with Gasteiger partial charge < -0.3 is 19.3 Å². The largest absolute Gasteiger partial charge is 0.452 e. The van der Waals surface area contributed by atoms with Crippen molar-refractivity contribution in [3.05, 3.63) is 83.4 Å². The van der Waals surface area contributed by atoms with E-state index < -0.39 is 28.5 Å². The van der Waals surface area contributed by atoms with Crippen LogP contribution >= 0.6 is 11.6 Å². The zero-order chi connectivity index (χ0) is 26.4. The molecule has 3 aromatic carbocycles. The van der Waals surface area contributed by atoms with E-state index in [0.717, 1.165) is 6.07 Å². The van der Waals surface area contributed by atoms with E-state index in [1.165, 1.54) is 17.0 Å². The fourth-order valence-electron chi connectivity index (χ4n) is 3.78. The molecule has 0 aliphatic carbocycles. The molecule has 0 aromatic heterocycles. The molecule has 1 N–H and O–H groups in total. The van der Waals surface area contributed by atoms with Gasteiger partial charge in [-0.15, -0.1) is 0 Å². The number of nitrogens with one attached hydrogen (secondary N) is 1. The van der Waals surface area contributed by atoms with Gasteiger partial charge in [-0.05, 0) is 42.5 Å². The van der Waals surface area contributed by atoms with Gasteiger partial charge in [0, 0.05) is 25.8 Å². The number of halogens is 1. The van der Waals surface area contributed by atoms with Crippen LogP contribution in [0.3, 0.4) is 0 Å². The zero-order valence-corrected chi connectivity index (χ0v) is 21.7. The quantitative estimate of drug-likeness (QED) is 0.431. The lowest BCUT2D eigenvalue weighted by Gasteiger charge is -2.30. The maximum atomic E-state index is 13.3. The van der Waals surface area contributed by atoms with E-state index in [1.807, 2.05) is 23.1 Å². The summed E-state index contributed by atoms with van der Waals surface area (Å²) < 4.78 is 39.7. The third-order valence-electron chi connectivity index (χ3n) is 5.80. The number of sulfonamides is 1. The van der Waals surface area contributed by atoms with Gasteiger partial charge in [0.2, 0.25) is 0 Å². The number of amides is 1. The fraction of sp³-hybridized carbons (Fsp3) is 0.231. The van der Waals surface area contributed by atoms with Gasteiger partial charge in [-0.2, -0.15) is 0 Å². The molecule has 4 rings (SSSR count). The number of benzene rings is 3. The molecule has 1 fully saturated rings. The molecule has 0 unspecified atom stereocenters. The van der Waals surface area contributed by atoms with Crippen LogP contribution in [0.4, 0.5) is 17.1 Å². The maximum absolute atomic E-state index is 13.3. The maximum Gasteiger partial charge on any atom is 0.338 e. The van der Waals surface area contributed by atoms with Gasteiger partial charge in [-0.3, -0.25) is 9.52 Å². The smallest absolute Gasteiger partial charge is 0.338 e. The van der Waals surface area contributed by atoms with Crippen molar-refractivity contribution in [2.45, 2.75) is 4.90 Å². The summed E-state index contributed by atoms with van der Waals surface area (Å²) in [6.45, 7) is 1.82. The molecule has 0 atom stereocenters. The Morgan fingerprint density at radius 3 is 2.43 bits per heavy atom. The fourth-order valence-corrected chi connectivity index (χ4v) is 5.38. The lowest BCUT2D eigenvalue weighted by Crippen LogP contribution is -2.36. The van der Waals surface area contributed by atoms with Crippen molar-refractivity contribution in [1.82, 2.24) is 0 Å². The number of carbonyl (C=O) groups is 2. The summed E-state index contributed by atoms with van der Waals surface area (Å²) in [6, 6.07) is 19.7. The minimum absolute atomic E-state index is 0.0543. The molecule has 0 saturated carbocycles. The number of likely N-dealkylation sites (N-methyl/N-ethyl adjacent to an activating group) is 1. The van der Waals surface area contributed by atoms with E-state index in [4.69, 9.17) is 21.1 Å². The second-order valence-corrected chi connectivity index (χ2v) is 10.3. The number of para-hydroxylation sites is 3. The number of hydrogen-bond donors (Lipinski definition) is 1. The highest BCUT2D eigenvalue weighted by Gasteiger charge is 2.24. The topological polar surface area (TPSA) is 105 Å². The van der Waals surface area contributed by atoms with Crippen LogP contribution in [0, 0.1) is 0 Å². The highest BCUT2D eigenvalue weighted by atomic mass is 35.5. The minimum Gasteiger partial charge on any atom is -0.452 e. The van der Waals surface area contributed by atoms with Crippen molar-refractivity contribution >= 4 is 50.6 Å². The first-order valence-electron chi connectivity index (χ1n) is 11.5. The first kappa shape index (κ1) is 26.5. The van der Waals surface area contributed by atoms with Crippen molar-refractivity contribution in [3.63, 3.8) is 0 Å². The summed E-state index contributed by atoms with van der Waals surface area (Å²) in [6.07, 6.45) is 0. The highest BCUT2D eigenvalue weighted by Crippen LogP contribution is 2.31. The van der Waals surface area contributed by atoms with Crippen molar-refractivity contribution in [1.29, 1.82) is 0 Å². The average molecular weight is 544 g/mol. The Kier molecular flexibility index (Phi) is 8.32. The normalized spacial score (nSPS) is 13.6. The number of nitrogens with zero attached hydrogens (tertiary/aromatic N) is 2. The van der Waals surface area contributed by atoms with E-state index in [1.54, 1.807) is 43.4 Å². The molecule has 1 amide bonds. The second kappa shape index (κ2) is 11.6. The third-order valence-corrected chi connectivity index (χ3v) is 7.65. The minimum atomic E-state index is -4.16. The SMILES string of the molecule is CN(C(=O)COC(=O)c1ccc(Cl)c(S(=O)(=O)Nc2ccccc2N2CCOCC2)c1)c1ccccc1. The number of ether oxygens (including phenoxy) is 2. The average Bonchev–Trinajstić information content (AvgIpc) is 2.92. The molecule has 37 heavy (non-hydrogen) atoms. The van der Waals surface area contributed by atoms with Gasteiger partial charge in [0.25, 0.3) is 15.9 Å². The van der Waals surface area contributed by atoms with E-state index in [-0.39, 0.29) is 15.5 Å². The molecule has 1 saturated heterocycles. The van der Waals surface area contributed by atoms with Crippen molar-refractivity contribution in [3.8, 4) is 0 Å². The van der Waals surface area contributed by atoms with E-state index >= 15 is 0 Å². The third kappa shape index (κ3) is 6.40. The van der Waals surface area contributed by atoms with Crippen LogP contribution in [0.5, 0.6) is 0 Å². The van der Waals surface area contributed by atoms with Crippen LogP contribution in [0.1, 0.15) is 10.4 Å². The van der Waals surface area contributed by atoms with Gasteiger partial charge in [0.1, 0.15) is 4.90 Å². The van der Waals surface area contributed by atoms with Gasteiger partial charge in [-0.25, -0.2) is 13.2 Å². The Hall–Kier alpha value is -3.60. The van der Waals surface area contributed by atoms with Crippen molar-refractivity contribution < 1.29 is 27.5 Å². The zero-order valence-electron chi connectivity index (χ0n) is 20.1. The number of anilines is 3. The van der Waals surface area contributed by atoms with Crippen LogP contribution in [0.25, 0.3) is 0 Å². The lowest BCUT2D eigenvalue weighted by molar-refractivity contribution is -0.121. The summed E-state index contributed by atoms with van der Waals surface area (Å²) in [5.41, 5.74) is 1.68. The predicted molar refractivity (Wildman–Crippen MR) is 142 cm³/mol. The van der Waals surface area contributed by atoms with Crippen LogP contribution in [-0.4, -0.2) is 60.3 Å². The van der Waals surface area contributed by atoms with E-state index in [2.05, 4.69) is 4.72 Å². The highest BCUT2D eigenvalue weighted by molar-refractivity contribution is 7.92. The number of carbonyl (C=O) groups excluding carboxylic acids is 2. The molecule has 1 aliphatic rings. The molecule has 3 aromatic rings. The molecule has 0 bridgehead atoms. The predicted octanol–water partition coefficient (Wildman–Crippen LogP) is 3.80. The summed E-state index contributed by atoms with van der Waals surface area (Å²) in [7, 11) is -2.60. The standard InChI is InChI=1S/C26H26ClN3O6S/c1-29(20-7-3-2-4-8-20)25(31)18-36-26(32)19-11-12-21(27)24(17-19)37(33,34)28-22-9-5-6-10-23(22)30-13-15-35-16-14-30/h2-12,17,28H,13-16,18H2,1H3. The first-order valence-corrected chi connectivity index (χ1v) is 13.4. The van der Waals surface area contributed by atoms with E-state index in [9.17, 15) is 18.0 Å². The number of esters is 1. The van der Waals surface area contributed by atoms with Crippen LogP contribution in [0.15, 0.2) is 77.7 Å². The molecular weight excluding hydrogens is 518 g/mol. The monoisotopic (exact) mass is 543 g/mol. The molecule has 0 radical (unpaired) electrons. The number of hydrogen-bond acceptors (Lipinski definition) is 7. The molecule has 0 spiro atoms. The Morgan fingerprint density at radius 1 is 1.03 bits per heavy atom. The lowest BCUT2D eigenvalue weighted by atomic mass is 10.2.